The van der Waals surface area contributed by atoms with Crippen molar-refractivity contribution in [3.05, 3.63) is 59.4 Å². The third kappa shape index (κ3) is 7.70. The number of aromatic nitrogens is 1. The highest BCUT2D eigenvalue weighted by atomic mass is 16.5. The molecular formula is C32H40N4O7. The standard InChI is InChI=1S/C32H40N4O7/c1-19(34-31(40)32(2,3)41)28(22-10-8-21(9-11-22)20-6-7-20)43-25-12-13-26(33-16-25)29(38)35-24-5-4-14-36(17-24)30(39)23-15-27(37)42-18-23/h8-13,16,19-20,23-24,28,41H,4-7,14-15,17-18H2,1-3H3,(H,34,40)(H,35,38)/t19?,23-,24+,28?/m1/s1. The number of esters is 1. The highest BCUT2D eigenvalue weighted by Gasteiger charge is 2.35. The second kappa shape index (κ2) is 12.7. The van der Waals surface area contributed by atoms with Crippen LogP contribution in [0.2, 0.25) is 0 Å². The SMILES string of the molecule is CC(NC(=O)C(C)(C)O)C(Oc1ccc(C(=O)N[C@H]2CCCN(C(=O)[C@H]3COC(=O)C3)C2)nc1)c1ccc(C2CC2)cc1. The van der Waals surface area contributed by atoms with Crippen molar-refractivity contribution < 1.29 is 33.8 Å². The van der Waals surface area contributed by atoms with Crippen molar-refractivity contribution >= 4 is 23.7 Å². The molecule has 11 nitrogen and oxygen atoms in total. The second-order valence-corrected chi connectivity index (χ2v) is 12.4. The van der Waals surface area contributed by atoms with Gasteiger partial charge in [-0.2, -0.15) is 0 Å². The van der Waals surface area contributed by atoms with Crippen molar-refractivity contribution in [2.24, 2.45) is 5.92 Å². The molecule has 1 aliphatic carbocycles. The van der Waals surface area contributed by atoms with Gasteiger partial charge in [-0.05, 0) is 75.6 Å². The van der Waals surface area contributed by atoms with Crippen LogP contribution < -0.4 is 15.4 Å². The van der Waals surface area contributed by atoms with Crippen LogP contribution >= 0.6 is 0 Å². The van der Waals surface area contributed by atoms with E-state index in [1.165, 1.54) is 38.4 Å². The fraction of sp³-hybridized carbons (Fsp3) is 0.531. The van der Waals surface area contributed by atoms with Gasteiger partial charge in [-0.3, -0.25) is 19.2 Å². The van der Waals surface area contributed by atoms with Gasteiger partial charge in [0.15, 0.2) is 0 Å². The van der Waals surface area contributed by atoms with Gasteiger partial charge in [-0.25, -0.2) is 4.98 Å². The first-order valence-electron chi connectivity index (χ1n) is 15.0. The van der Waals surface area contributed by atoms with Crippen LogP contribution in [0.1, 0.15) is 86.5 Å². The third-order valence-electron chi connectivity index (χ3n) is 8.19. The smallest absolute Gasteiger partial charge is 0.306 e. The normalized spacial score (nSPS) is 21.9. The van der Waals surface area contributed by atoms with E-state index in [1.807, 2.05) is 19.1 Å². The lowest BCUT2D eigenvalue weighted by Gasteiger charge is -2.34. The number of piperidine rings is 1. The maximum absolute atomic E-state index is 13.0. The zero-order valence-corrected chi connectivity index (χ0v) is 24.9. The lowest BCUT2D eigenvalue weighted by atomic mass is 9.99. The largest absolute Gasteiger partial charge is 0.482 e. The summed E-state index contributed by atoms with van der Waals surface area (Å²) in [5.74, 6) is -0.779. The van der Waals surface area contributed by atoms with E-state index >= 15 is 0 Å². The molecule has 3 heterocycles. The van der Waals surface area contributed by atoms with E-state index < -0.39 is 29.6 Å². The topological polar surface area (TPSA) is 147 Å². The number of ether oxygens (including phenoxy) is 2. The van der Waals surface area contributed by atoms with Gasteiger partial charge in [0.1, 0.15) is 29.8 Å². The molecule has 1 aromatic carbocycles. The summed E-state index contributed by atoms with van der Waals surface area (Å²) in [6.45, 7) is 5.73. The minimum atomic E-state index is -1.54. The van der Waals surface area contributed by atoms with Crippen LogP contribution in [0, 0.1) is 5.92 Å². The molecule has 0 bridgehead atoms. The first kappa shape index (κ1) is 30.5. The molecule has 0 spiro atoms. The Balaban J connectivity index is 1.22. The van der Waals surface area contributed by atoms with E-state index in [1.54, 1.807) is 17.0 Å². The minimum absolute atomic E-state index is 0.0991. The van der Waals surface area contributed by atoms with Crippen molar-refractivity contribution in [3.63, 3.8) is 0 Å². The number of nitrogens with one attached hydrogen (secondary N) is 2. The summed E-state index contributed by atoms with van der Waals surface area (Å²) in [5, 5.41) is 16.0. The van der Waals surface area contributed by atoms with Crippen molar-refractivity contribution in [2.75, 3.05) is 19.7 Å². The monoisotopic (exact) mass is 592 g/mol. The van der Waals surface area contributed by atoms with Crippen LogP contribution in [0.5, 0.6) is 5.75 Å². The molecule has 1 aromatic heterocycles. The summed E-state index contributed by atoms with van der Waals surface area (Å²) in [6.07, 6.45) is 4.85. The van der Waals surface area contributed by atoms with Gasteiger partial charge in [0, 0.05) is 19.1 Å². The second-order valence-electron chi connectivity index (χ2n) is 12.4. The number of cyclic esters (lactones) is 1. The Bertz CT molecular complexity index is 1330. The zero-order chi connectivity index (χ0) is 30.7. The van der Waals surface area contributed by atoms with Crippen molar-refractivity contribution in [3.8, 4) is 5.75 Å². The molecule has 5 rings (SSSR count). The predicted octanol–water partition coefficient (Wildman–Crippen LogP) is 2.64. The lowest BCUT2D eigenvalue weighted by Crippen LogP contribution is -2.51. The molecule has 2 saturated heterocycles. The highest BCUT2D eigenvalue weighted by Crippen LogP contribution is 2.40. The van der Waals surface area contributed by atoms with Gasteiger partial charge in [0.05, 0.1) is 24.6 Å². The lowest BCUT2D eigenvalue weighted by molar-refractivity contribution is -0.138. The average molecular weight is 593 g/mol. The maximum atomic E-state index is 13.0. The summed E-state index contributed by atoms with van der Waals surface area (Å²) in [5.41, 5.74) is 0.803. The fourth-order valence-corrected chi connectivity index (χ4v) is 5.51. The van der Waals surface area contributed by atoms with E-state index in [2.05, 4.69) is 27.8 Å². The minimum Gasteiger partial charge on any atom is -0.482 e. The average Bonchev–Trinajstić information content (AvgIpc) is 3.75. The van der Waals surface area contributed by atoms with Crippen LogP contribution in [0.4, 0.5) is 0 Å². The summed E-state index contributed by atoms with van der Waals surface area (Å²) in [4.78, 5) is 55.8. The number of nitrogens with zero attached hydrogens (tertiary/aromatic N) is 2. The number of aliphatic hydroxyl groups is 1. The molecule has 3 fully saturated rings. The Hall–Kier alpha value is -3.99. The number of likely N-dealkylation sites (tertiary alicyclic amines) is 1. The van der Waals surface area contributed by atoms with Gasteiger partial charge in [-0.1, -0.05) is 24.3 Å². The Kier molecular flexibility index (Phi) is 9.00. The Labute approximate surface area is 251 Å². The van der Waals surface area contributed by atoms with E-state index in [0.29, 0.717) is 24.8 Å². The third-order valence-corrected chi connectivity index (χ3v) is 8.19. The Morgan fingerprint density at radius 1 is 1.12 bits per heavy atom. The number of carbonyl (C=O) groups excluding carboxylic acids is 4. The van der Waals surface area contributed by atoms with Crippen LogP contribution in [-0.2, 0) is 19.1 Å². The first-order valence-corrected chi connectivity index (χ1v) is 15.0. The Morgan fingerprint density at radius 3 is 2.47 bits per heavy atom. The molecule has 3 N–H and O–H groups in total. The van der Waals surface area contributed by atoms with Gasteiger partial charge in [-0.15, -0.1) is 0 Å². The summed E-state index contributed by atoms with van der Waals surface area (Å²) >= 11 is 0. The molecule has 4 atom stereocenters. The molecule has 230 valence electrons. The van der Waals surface area contributed by atoms with Gasteiger partial charge in [0.25, 0.3) is 11.8 Å². The van der Waals surface area contributed by atoms with E-state index in [-0.39, 0.29) is 42.5 Å². The summed E-state index contributed by atoms with van der Waals surface area (Å²) < 4.78 is 11.2. The van der Waals surface area contributed by atoms with Gasteiger partial charge in [0.2, 0.25) is 5.91 Å². The highest BCUT2D eigenvalue weighted by molar-refractivity contribution is 5.92. The molecule has 3 aliphatic rings. The molecule has 3 amide bonds. The fourth-order valence-electron chi connectivity index (χ4n) is 5.51. The van der Waals surface area contributed by atoms with Crippen LogP contribution in [0.3, 0.4) is 0 Å². The van der Waals surface area contributed by atoms with E-state index in [4.69, 9.17) is 9.47 Å². The number of amides is 3. The number of pyridine rings is 1. The molecule has 0 radical (unpaired) electrons. The quantitative estimate of drug-likeness (QED) is 0.357. The van der Waals surface area contributed by atoms with E-state index in [9.17, 15) is 24.3 Å². The molecule has 11 heteroatoms. The summed E-state index contributed by atoms with van der Waals surface area (Å²) in [7, 11) is 0. The molecule has 2 aromatic rings. The number of benzene rings is 1. The van der Waals surface area contributed by atoms with Crippen LogP contribution in [0.25, 0.3) is 0 Å². The van der Waals surface area contributed by atoms with Crippen molar-refractivity contribution in [1.29, 1.82) is 0 Å². The molecule has 43 heavy (non-hydrogen) atoms. The van der Waals surface area contributed by atoms with Gasteiger partial charge < -0.3 is 30.1 Å². The molecule has 2 unspecified atom stereocenters. The number of hydrogen-bond acceptors (Lipinski definition) is 8. The summed E-state index contributed by atoms with van der Waals surface area (Å²) in [6, 6.07) is 10.7. The number of rotatable bonds is 10. The number of carbonyl (C=O) groups is 4. The van der Waals surface area contributed by atoms with Crippen LogP contribution in [-0.4, -0.2) is 76.1 Å². The predicted molar refractivity (Wildman–Crippen MR) is 156 cm³/mol. The number of hydrogen-bond donors (Lipinski definition) is 3. The van der Waals surface area contributed by atoms with E-state index in [0.717, 1.165) is 18.4 Å². The van der Waals surface area contributed by atoms with Crippen molar-refractivity contribution in [1.82, 2.24) is 20.5 Å². The first-order chi connectivity index (χ1) is 20.5. The maximum Gasteiger partial charge on any atom is 0.306 e. The van der Waals surface area contributed by atoms with Gasteiger partial charge >= 0.3 is 5.97 Å². The molecular weight excluding hydrogens is 552 g/mol. The van der Waals surface area contributed by atoms with Crippen LogP contribution in [0.15, 0.2) is 42.6 Å². The zero-order valence-electron chi connectivity index (χ0n) is 24.9. The molecule has 2 aliphatic heterocycles. The molecule has 1 saturated carbocycles. The van der Waals surface area contributed by atoms with Crippen molar-refractivity contribution in [2.45, 2.75) is 82.6 Å². The Morgan fingerprint density at radius 2 is 1.86 bits per heavy atom.